The van der Waals surface area contributed by atoms with Gasteiger partial charge < -0.3 is 10.1 Å². The molecule has 0 spiro atoms. The summed E-state index contributed by atoms with van der Waals surface area (Å²) >= 11 is 0. The molecule has 1 saturated heterocycles. The molecule has 168 valence electrons. The second-order valence-corrected chi connectivity index (χ2v) is 9.53. The van der Waals surface area contributed by atoms with Crippen LogP contribution < -0.4 is 10.1 Å². The van der Waals surface area contributed by atoms with E-state index in [-0.39, 0.29) is 23.3 Å². The van der Waals surface area contributed by atoms with Crippen LogP contribution in [0.5, 0.6) is 5.75 Å². The zero-order valence-electron chi connectivity index (χ0n) is 17.7. The molecule has 31 heavy (non-hydrogen) atoms. The summed E-state index contributed by atoms with van der Waals surface area (Å²) < 4.78 is 45.7. The molecule has 0 radical (unpaired) electrons. The van der Waals surface area contributed by atoms with Gasteiger partial charge in [-0.05, 0) is 68.5 Å². The standard InChI is InChI=1S/C23H29FN2O4S/c1-2-30-22-10-4-3-7-18(22)8-5-15-25-23(27)19-9-6-16-26(17-19)31(28,29)21-13-11-20(24)12-14-21/h3-4,7,10-14,19H,2,5-6,8-9,15-17H2,1H3,(H,25,27). The molecular weight excluding hydrogens is 419 g/mol. The molecule has 8 heteroatoms. The summed E-state index contributed by atoms with van der Waals surface area (Å²) in [5, 5.41) is 2.94. The molecule has 1 heterocycles. The van der Waals surface area contributed by atoms with Crippen LogP contribution in [0.2, 0.25) is 0 Å². The third-order valence-electron chi connectivity index (χ3n) is 5.40. The number of hydrogen-bond donors (Lipinski definition) is 1. The molecule has 6 nitrogen and oxygen atoms in total. The molecule has 3 rings (SSSR count). The van der Waals surface area contributed by atoms with Crippen molar-refractivity contribution in [2.24, 2.45) is 5.92 Å². The van der Waals surface area contributed by atoms with Crippen molar-refractivity contribution < 1.29 is 22.3 Å². The Balaban J connectivity index is 1.51. The summed E-state index contributed by atoms with van der Waals surface area (Å²) in [5.74, 6) is -0.138. The number of para-hydroxylation sites is 1. The van der Waals surface area contributed by atoms with Gasteiger partial charge in [0.1, 0.15) is 11.6 Å². The van der Waals surface area contributed by atoms with Gasteiger partial charge in [-0.1, -0.05) is 18.2 Å². The van der Waals surface area contributed by atoms with Gasteiger partial charge in [0.25, 0.3) is 0 Å². The molecule has 1 aliphatic rings. The predicted octanol–water partition coefficient (Wildman–Crippen LogP) is 3.37. The SMILES string of the molecule is CCOc1ccccc1CCCNC(=O)C1CCCN(S(=O)(=O)c2ccc(F)cc2)C1. The van der Waals surface area contributed by atoms with Gasteiger partial charge in [-0.15, -0.1) is 0 Å². The molecule has 0 aliphatic carbocycles. The summed E-state index contributed by atoms with van der Waals surface area (Å²) in [6.45, 7) is 3.56. The Morgan fingerprint density at radius 3 is 2.68 bits per heavy atom. The van der Waals surface area contributed by atoms with E-state index in [1.165, 1.54) is 16.4 Å². The van der Waals surface area contributed by atoms with E-state index in [9.17, 15) is 17.6 Å². The average Bonchev–Trinajstić information content (AvgIpc) is 2.78. The minimum atomic E-state index is -3.74. The van der Waals surface area contributed by atoms with Gasteiger partial charge in [0, 0.05) is 19.6 Å². The van der Waals surface area contributed by atoms with Crippen molar-refractivity contribution in [3.05, 3.63) is 59.9 Å². The lowest BCUT2D eigenvalue weighted by Crippen LogP contribution is -2.45. The average molecular weight is 449 g/mol. The first-order chi connectivity index (χ1) is 14.9. The molecule has 2 aromatic carbocycles. The van der Waals surface area contributed by atoms with Gasteiger partial charge >= 0.3 is 0 Å². The monoisotopic (exact) mass is 448 g/mol. The molecule has 0 saturated carbocycles. The van der Waals surface area contributed by atoms with Crippen LogP contribution in [0.3, 0.4) is 0 Å². The number of hydrogen-bond acceptors (Lipinski definition) is 4. The fourth-order valence-electron chi connectivity index (χ4n) is 3.77. The zero-order valence-corrected chi connectivity index (χ0v) is 18.5. The first kappa shape index (κ1) is 23.2. The fourth-order valence-corrected chi connectivity index (χ4v) is 5.30. The van der Waals surface area contributed by atoms with E-state index >= 15 is 0 Å². The molecule has 1 aliphatic heterocycles. The van der Waals surface area contributed by atoms with Crippen molar-refractivity contribution in [3.63, 3.8) is 0 Å². The Bertz CT molecular complexity index is 979. The maximum absolute atomic E-state index is 13.1. The van der Waals surface area contributed by atoms with E-state index in [4.69, 9.17) is 4.74 Å². The summed E-state index contributed by atoms with van der Waals surface area (Å²) in [5.41, 5.74) is 1.10. The first-order valence-corrected chi connectivity index (χ1v) is 12.1. The van der Waals surface area contributed by atoms with Gasteiger partial charge in [0.05, 0.1) is 17.4 Å². The number of halogens is 1. The Labute approximate surface area is 183 Å². The van der Waals surface area contributed by atoms with Gasteiger partial charge in [-0.25, -0.2) is 12.8 Å². The van der Waals surface area contributed by atoms with Gasteiger partial charge in [0.2, 0.25) is 15.9 Å². The topological polar surface area (TPSA) is 75.7 Å². The fraction of sp³-hybridized carbons (Fsp3) is 0.435. The molecule has 0 bridgehead atoms. The molecule has 0 aromatic heterocycles. The number of sulfonamides is 1. The van der Waals surface area contributed by atoms with E-state index in [0.29, 0.717) is 32.5 Å². The zero-order chi connectivity index (χ0) is 22.3. The highest BCUT2D eigenvalue weighted by atomic mass is 32.2. The molecule has 2 aromatic rings. The largest absolute Gasteiger partial charge is 0.494 e. The minimum Gasteiger partial charge on any atom is -0.494 e. The Kier molecular flexibility index (Phi) is 8.03. The normalized spacial score (nSPS) is 17.3. The predicted molar refractivity (Wildman–Crippen MR) is 117 cm³/mol. The van der Waals surface area contributed by atoms with Crippen LogP contribution in [0.1, 0.15) is 31.7 Å². The number of piperidine rings is 1. The van der Waals surface area contributed by atoms with Crippen molar-refractivity contribution >= 4 is 15.9 Å². The van der Waals surface area contributed by atoms with Crippen LogP contribution >= 0.6 is 0 Å². The van der Waals surface area contributed by atoms with Gasteiger partial charge in [-0.2, -0.15) is 4.31 Å². The van der Waals surface area contributed by atoms with Crippen molar-refractivity contribution in [1.29, 1.82) is 0 Å². The highest BCUT2D eigenvalue weighted by Crippen LogP contribution is 2.24. The molecule has 1 amide bonds. The Morgan fingerprint density at radius 1 is 1.19 bits per heavy atom. The van der Waals surface area contributed by atoms with E-state index in [2.05, 4.69) is 5.32 Å². The second-order valence-electron chi connectivity index (χ2n) is 7.59. The van der Waals surface area contributed by atoms with Crippen LogP contribution in [0.15, 0.2) is 53.4 Å². The highest BCUT2D eigenvalue weighted by Gasteiger charge is 2.33. The second kappa shape index (κ2) is 10.7. The smallest absolute Gasteiger partial charge is 0.243 e. The Morgan fingerprint density at radius 2 is 1.94 bits per heavy atom. The number of benzene rings is 2. The molecule has 1 fully saturated rings. The number of ether oxygens (including phenoxy) is 1. The van der Waals surface area contributed by atoms with E-state index in [0.717, 1.165) is 36.3 Å². The van der Waals surface area contributed by atoms with Gasteiger partial charge in [-0.3, -0.25) is 4.79 Å². The first-order valence-electron chi connectivity index (χ1n) is 10.7. The molecule has 1 unspecified atom stereocenters. The number of carbonyl (C=O) groups is 1. The number of carbonyl (C=O) groups excluding carboxylic acids is 1. The van der Waals surface area contributed by atoms with Crippen LogP contribution in [0.25, 0.3) is 0 Å². The van der Waals surface area contributed by atoms with Crippen molar-refractivity contribution in [2.75, 3.05) is 26.2 Å². The molecule has 1 atom stereocenters. The van der Waals surface area contributed by atoms with Crippen molar-refractivity contribution in [2.45, 2.75) is 37.5 Å². The van der Waals surface area contributed by atoms with Crippen LogP contribution in [0.4, 0.5) is 4.39 Å². The summed E-state index contributed by atoms with van der Waals surface area (Å²) in [6, 6.07) is 12.6. The maximum Gasteiger partial charge on any atom is 0.243 e. The highest BCUT2D eigenvalue weighted by molar-refractivity contribution is 7.89. The number of nitrogens with zero attached hydrogens (tertiary/aromatic N) is 1. The maximum atomic E-state index is 13.1. The lowest BCUT2D eigenvalue weighted by atomic mass is 9.99. The third kappa shape index (κ3) is 6.04. The van der Waals surface area contributed by atoms with Crippen LogP contribution in [-0.2, 0) is 21.2 Å². The molecular formula is C23H29FN2O4S. The molecule has 1 N–H and O–H groups in total. The quantitative estimate of drug-likeness (QED) is 0.597. The van der Waals surface area contributed by atoms with Crippen molar-refractivity contribution in [3.8, 4) is 5.75 Å². The lowest BCUT2D eigenvalue weighted by Gasteiger charge is -2.31. The summed E-state index contributed by atoms with van der Waals surface area (Å²) in [6.07, 6.45) is 2.81. The third-order valence-corrected chi connectivity index (χ3v) is 7.28. The summed E-state index contributed by atoms with van der Waals surface area (Å²) in [4.78, 5) is 12.7. The number of aryl methyl sites for hydroxylation is 1. The lowest BCUT2D eigenvalue weighted by molar-refractivity contribution is -0.126. The Hall–Kier alpha value is -2.45. The number of amides is 1. The van der Waals surface area contributed by atoms with Crippen LogP contribution in [-0.4, -0.2) is 44.9 Å². The van der Waals surface area contributed by atoms with Crippen LogP contribution in [0, 0.1) is 11.7 Å². The van der Waals surface area contributed by atoms with Gasteiger partial charge in [0.15, 0.2) is 0 Å². The van der Waals surface area contributed by atoms with Crippen molar-refractivity contribution in [1.82, 2.24) is 9.62 Å². The van der Waals surface area contributed by atoms with E-state index < -0.39 is 15.8 Å². The van der Waals surface area contributed by atoms with E-state index in [1.54, 1.807) is 0 Å². The number of nitrogens with one attached hydrogen (secondary N) is 1. The minimum absolute atomic E-state index is 0.0444. The summed E-state index contributed by atoms with van der Waals surface area (Å²) in [7, 11) is -3.74. The number of rotatable bonds is 9. The van der Waals surface area contributed by atoms with E-state index in [1.807, 2.05) is 31.2 Å².